The van der Waals surface area contributed by atoms with E-state index in [-0.39, 0.29) is 12.2 Å². The number of rotatable bonds is 5. The predicted molar refractivity (Wildman–Crippen MR) is 148 cm³/mol. The Hall–Kier alpha value is -3.47. The number of ether oxygens (including phenoxy) is 4. The first kappa shape index (κ1) is 25.5. The number of likely N-dealkylation sites (N-methyl/N-ethyl adjacent to an activating group) is 1. The van der Waals surface area contributed by atoms with E-state index in [0.29, 0.717) is 55.4 Å². The highest BCUT2D eigenvalue weighted by atomic mass is 16.6. The van der Waals surface area contributed by atoms with Gasteiger partial charge in [0.1, 0.15) is 19.8 Å². The Morgan fingerprint density at radius 1 is 0.975 bits per heavy atom. The zero-order valence-corrected chi connectivity index (χ0v) is 23.2. The Bertz CT molecular complexity index is 1590. The largest absolute Gasteiger partial charge is 0.486 e. The zero-order chi connectivity index (χ0) is 27.6. The summed E-state index contributed by atoms with van der Waals surface area (Å²) in [4.78, 5) is 36.9. The fraction of sp³-hybridized carbons (Fsp3) is 0.500. The van der Waals surface area contributed by atoms with Crippen LogP contribution in [0, 0.1) is 0 Å². The normalized spacial score (nSPS) is 22.1. The monoisotopic (exact) mass is 546 g/mol. The first-order chi connectivity index (χ1) is 19.4. The molecule has 40 heavy (non-hydrogen) atoms. The molecule has 3 aromatic rings. The number of hydrogen-bond acceptors (Lipinski definition) is 9. The Balaban J connectivity index is 1.44. The number of piperazine rings is 1. The van der Waals surface area contributed by atoms with Crippen molar-refractivity contribution in [1.29, 1.82) is 0 Å². The highest BCUT2D eigenvalue weighted by Crippen LogP contribution is 2.44. The van der Waals surface area contributed by atoms with Crippen molar-refractivity contribution in [2.45, 2.75) is 45.6 Å². The van der Waals surface area contributed by atoms with Crippen LogP contribution in [0.2, 0.25) is 0 Å². The topological polar surface area (TPSA) is 95.4 Å². The molecule has 0 radical (unpaired) electrons. The number of cyclic esters (lactones) is 1. The van der Waals surface area contributed by atoms with E-state index >= 15 is 0 Å². The van der Waals surface area contributed by atoms with E-state index in [1.165, 1.54) is 0 Å². The zero-order valence-electron chi connectivity index (χ0n) is 23.2. The molecule has 1 fully saturated rings. The van der Waals surface area contributed by atoms with Gasteiger partial charge in [0.05, 0.1) is 29.0 Å². The van der Waals surface area contributed by atoms with Gasteiger partial charge in [-0.1, -0.05) is 6.92 Å². The third-order valence-corrected chi connectivity index (χ3v) is 8.81. The number of esters is 1. The van der Waals surface area contributed by atoms with Crippen molar-refractivity contribution in [3.05, 3.63) is 50.8 Å². The summed E-state index contributed by atoms with van der Waals surface area (Å²) in [5.41, 5.74) is 4.10. The Kier molecular flexibility index (Phi) is 6.10. The van der Waals surface area contributed by atoms with E-state index in [0.717, 1.165) is 66.2 Å². The van der Waals surface area contributed by atoms with Crippen LogP contribution in [0.1, 0.15) is 42.5 Å². The van der Waals surface area contributed by atoms with Gasteiger partial charge >= 0.3 is 5.97 Å². The molecule has 0 N–H and O–H groups in total. The number of benzene rings is 1. The molecule has 1 saturated heterocycles. The fourth-order valence-electron chi connectivity index (χ4n) is 6.58. The molecule has 4 aliphatic heterocycles. The molecule has 0 bridgehead atoms. The first-order valence-electron chi connectivity index (χ1n) is 14.2. The maximum atomic E-state index is 14.0. The van der Waals surface area contributed by atoms with Crippen molar-refractivity contribution in [2.75, 3.05) is 53.0 Å². The molecular weight excluding hydrogens is 512 g/mol. The number of fused-ring (bicyclic) bond motifs is 6. The smallest absolute Gasteiger partial charge is 0.343 e. The molecule has 4 aliphatic rings. The maximum absolute atomic E-state index is 14.0. The summed E-state index contributed by atoms with van der Waals surface area (Å²) in [7, 11) is 2.15. The quantitative estimate of drug-likeness (QED) is 0.350. The second kappa shape index (κ2) is 9.57. The molecule has 0 saturated carbocycles. The summed E-state index contributed by atoms with van der Waals surface area (Å²) in [6, 6.07) is 5.94. The van der Waals surface area contributed by atoms with E-state index in [4.69, 9.17) is 23.9 Å². The van der Waals surface area contributed by atoms with Gasteiger partial charge in [-0.15, -0.1) is 0 Å². The van der Waals surface area contributed by atoms with E-state index in [9.17, 15) is 9.59 Å². The summed E-state index contributed by atoms with van der Waals surface area (Å²) < 4.78 is 25.2. The average Bonchev–Trinajstić information content (AvgIpc) is 3.33. The molecule has 10 nitrogen and oxygen atoms in total. The van der Waals surface area contributed by atoms with Gasteiger partial charge in [0.25, 0.3) is 5.56 Å². The van der Waals surface area contributed by atoms with Crippen LogP contribution in [0.4, 0.5) is 0 Å². The van der Waals surface area contributed by atoms with E-state index < -0.39 is 11.6 Å². The Morgan fingerprint density at radius 2 is 1.73 bits per heavy atom. The molecule has 1 aromatic carbocycles. The second-order valence-electron chi connectivity index (χ2n) is 11.0. The van der Waals surface area contributed by atoms with Crippen molar-refractivity contribution in [3.63, 3.8) is 0 Å². The van der Waals surface area contributed by atoms with Crippen molar-refractivity contribution >= 4 is 16.9 Å². The van der Waals surface area contributed by atoms with Gasteiger partial charge in [-0.25, -0.2) is 9.78 Å². The van der Waals surface area contributed by atoms with Crippen molar-refractivity contribution < 1.29 is 23.7 Å². The number of aromatic nitrogens is 2. The highest BCUT2D eigenvalue weighted by Gasteiger charge is 2.48. The standard InChI is InChI=1S/C30H34N4O6/c1-4-30(40-5-2)22-13-24-27-20(16-34(24)28(35)21(22)17-39-29(30)36)19(15-33-8-6-32(3)7-9-33)18-12-25-26(14-23(18)31-27)38-11-10-37-25/h12-14H,4-11,15-17H2,1-3H3. The number of nitrogens with zero attached hydrogens (tertiary/aromatic N) is 4. The van der Waals surface area contributed by atoms with Crippen LogP contribution in [0.3, 0.4) is 0 Å². The average molecular weight is 547 g/mol. The van der Waals surface area contributed by atoms with Crippen LogP contribution < -0.4 is 15.0 Å². The lowest BCUT2D eigenvalue weighted by atomic mass is 9.85. The van der Waals surface area contributed by atoms with Crippen molar-refractivity contribution in [2.24, 2.45) is 0 Å². The molecule has 7 rings (SSSR count). The van der Waals surface area contributed by atoms with E-state index in [1.807, 2.05) is 32.0 Å². The van der Waals surface area contributed by atoms with Crippen LogP contribution >= 0.6 is 0 Å². The Morgan fingerprint density at radius 3 is 2.45 bits per heavy atom. The summed E-state index contributed by atoms with van der Waals surface area (Å²) in [5.74, 6) is 0.961. The van der Waals surface area contributed by atoms with Crippen LogP contribution in [0.15, 0.2) is 23.0 Å². The highest BCUT2D eigenvalue weighted by molar-refractivity contribution is 5.91. The van der Waals surface area contributed by atoms with Crippen molar-refractivity contribution in [1.82, 2.24) is 19.4 Å². The predicted octanol–water partition coefficient (Wildman–Crippen LogP) is 2.64. The van der Waals surface area contributed by atoms with Gasteiger partial charge in [-0.2, -0.15) is 0 Å². The van der Waals surface area contributed by atoms with Crippen molar-refractivity contribution in [3.8, 4) is 22.9 Å². The summed E-state index contributed by atoms with van der Waals surface area (Å²) in [5, 5.41) is 1.02. The minimum atomic E-state index is -1.30. The molecule has 1 atom stereocenters. The fourth-order valence-corrected chi connectivity index (χ4v) is 6.58. The van der Waals surface area contributed by atoms with Gasteiger partial charge in [-0.3, -0.25) is 9.69 Å². The number of carbonyl (C=O) groups is 1. The van der Waals surface area contributed by atoms with Crippen LogP contribution in [0.5, 0.6) is 11.5 Å². The van der Waals surface area contributed by atoms with Crippen LogP contribution in [-0.2, 0) is 39.6 Å². The third-order valence-electron chi connectivity index (χ3n) is 8.81. The van der Waals surface area contributed by atoms with Gasteiger partial charge in [-0.05, 0) is 38.1 Å². The minimum Gasteiger partial charge on any atom is -0.486 e. The number of hydrogen-bond donors (Lipinski definition) is 0. The second-order valence-corrected chi connectivity index (χ2v) is 11.0. The lowest BCUT2D eigenvalue weighted by Gasteiger charge is -2.35. The van der Waals surface area contributed by atoms with Gasteiger partial charge in [0.15, 0.2) is 17.1 Å². The maximum Gasteiger partial charge on any atom is 0.343 e. The molecule has 0 spiro atoms. The van der Waals surface area contributed by atoms with Gasteiger partial charge in [0.2, 0.25) is 0 Å². The van der Waals surface area contributed by atoms with Crippen LogP contribution in [-0.4, -0.2) is 78.4 Å². The molecule has 0 amide bonds. The summed E-state index contributed by atoms with van der Waals surface area (Å²) in [6.45, 7) is 10.1. The molecule has 1 unspecified atom stereocenters. The minimum absolute atomic E-state index is 0.0522. The number of carbonyl (C=O) groups excluding carboxylic acids is 1. The molecule has 0 aliphatic carbocycles. The lowest BCUT2D eigenvalue weighted by Crippen LogP contribution is -2.46. The third kappa shape index (κ3) is 3.77. The summed E-state index contributed by atoms with van der Waals surface area (Å²) in [6.07, 6.45) is 0.367. The molecule has 6 heterocycles. The van der Waals surface area contributed by atoms with Crippen LogP contribution in [0.25, 0.3) is 22.3 Å². The number of pyridine rings is 2. The van der Waals surface area contributed by atoms with Gasteiger partial charge < -0.3 is 28.4 Å². The Labute approximate surface area is 232 Å². The first-order valence-corrected chi connectivity index (χ1v) is 14.2. The lowest BCUT2D eigenvalue weighted by molar-refractivity contribution is -0.180. The van der Waals surface area contributed by atoms with E-state index in [2.05, 4.69) is 16.8 Å². The summed E-state index contributed by atoms with van der Waals surface area (Å²) >= 11 is 0. The van der Waals surface area contributed by atoms with Gasteiger partial charge in [0, 0.05) is 61.9 Å². The SMILES string of the molecule is CCOC1(CC)C(=O)OCc2c1cc1n(c2=O)Cc2c-1nc1cc3c(cc1c2CN1CCN(C)CC1)OCCO3. The molecular formula is C30H34N4O6. The molecule has 2 aromatic heterocycles. The molecule has 10 heteroatoms. The molecule has 210 valence electrons. The van der Waals surface area contributed by atoms with E-state index in [1.54, 1.807) is 4.57 Å².